The highest BCUT2D eigenvalue weighted by atomic mass is 16.5. The van der Waals surface area contributed by atoms with Gasteiger partial charge in [0.2, 0.25) is 0 Å². The number of nitrogens with zero attached hydrogens (tertiary/aromatic N) is 1. The van der Waals surface area contributed by atoms with Crippen molar-refractivity contribution < 1.29 is 19.7 Å². The molecule has 1 saturated heterocycles. The largest absolute Gasteiger partial charge is 0.394 e. The number of amides is 1. The Labute approximate surface area is 166 Å². The average Bonchev–Trinajstić information content (AvgIpc) is 2.71. The van der Waals surface area contributed by atoms with Gasteiger partial charge in [0.15, 0.2) is 0 Å². The molecule has 0 aliphatic carbocycles. The van der Waals surface area contributed by atoms with Gasteiger partial charge in [-0.2, -0.15) is 0 Å². The zero-order valence-electron chi connectivity index (χ0n) is 16.5. The van der Waals surface area contributed by atoms with Crippen molar-refractivity contribution >= 4 is 5.91 Å². The van der Waals surface area contributed by atoms with Gasteiger partial charge in [-0.05, 0) is 49.9 Å². The van der Waals surface area contributed by atoms with Gasteiger partial charge in [0.25, 0.3) is 5.91 Å². The number of hydrogen-bond donors (Lipinski definition) is 2. The Kier molecular flexibility index (Phi) is 6.50. The van der Waals surface area contributed by atoms with Crippen molar-refractivity contribution in [2.24, 2.45) is 0 Å². The number of aryl methyl sites for hydroxylation is 1. The summed E-state index contributed by atoms with van der Waals surface area (Å²) in [5, 5.41) is 19.7. The minimum absolute atomic E-state index is 0.0651. The number of hydrogen-bond acceptors (Lipinski definition) is 4. The normalized spacial score (nSPS) is 20.2. The summed E-state index contributed by atoms with van der Waals surface area (Å²) >= 11 is 0. The van der Waals surface area contributed by atoms with E-state index in [1.807, 2.05) is 54.6 Å². The highest BCUT2D eigenvalue weighted by Crippen LogP contribution is 2.31. The molecule has 0 unspecified atom stereocenters. The van der Waals surface area contributed by atoms with Crippen molar-refractivity contribution in [1.29, 1.82) is 0 Å². The molecule has 2 N–H and O–H groups in total. The third-order valence-electron chi connectivity index (χ3n) is 5.16. The van der Waals surface area contributed by atoms with Crippen LogP contribution >= 0.6 is 0 Å². The van der Waals surface area contributed by atoms with Crippen molar-refractivity contribution in [1.82, 2.24) is 4.90 Å². The molecule has 5 nitrogen and oxygen atoms in total. The van der Waals surface area contributed by atoms with Crippen LogP contribution in [0.5, 0.6) is 0 Å². The Morgan fingerprint density at radius 1 is 1.14 bits per heavy atom. The highest BCUT2D eigenvalue weighted by Gasteiger charge is 2.36. The Hall–Kier alpha value is -2.21. The van der Waals surface area contributed by atoms with Gasteiger partial charge in [0.1, 0.15) is 6.10 Å². The maximum absolute atomic E-state index is 13.2. The summed E-state index contributed by atoms with van der Waals surface area (Å²) in [4.78, 5) is 15.0. The molecular formula is C23H29NO4. The monoisotopic (exact) mass is 383 g/mol. The molecule has 1 aliphatic heterocycles. The van der Waals surface area contributed by atoms with Gasteiger partial charge in [0, 0.05) is 12.1 Å². The van der Waals surface area contributed by atoms with Crippen molar-refractivity contribution in [2.45, 2.75) is 44.4 Å². The lowest BCUT2D eigenvalue weighted by molar-refractivity contribution is -0.0811. The van der Waals surface area contributed by atoms with E-state index in [2.05, 4.69) is 0 Å². The first-order chi connectivity index (χ1) is 13.4. The van der Waals surface area contributed by atoms with E-state index in [0.29, 0.717) is 25.1 Å². The Morgan fingerprint density at radius 3 is 2.43 bits per heavy atom. The molecule has 5 heteroatoms. The van der Waals surface area contributed by atoms with Crippen LogP contribution in [0.15, 0.2) is 54.6 Å². The van der Waals surface area contributed by atoms with Gasteiger partial charge in [-0.3, -0.25) is 4.79 Å². The summed E-state index contributed by atoms with van der Waals surface area (Å²) in [6.07, 6.45) is 0.985. The molecule has 2 aromatic rings. The van der Waals surface area contributed by atoms with E-state index >= 15 is 0 Å². The first kappa shape index (κ1) is 20.5. The zero-order valence-corrected chi connectivity index (χ0v) is 16.5. The Bertz CT molecular complexity index is 767. The van der Waals surface area contributed by atoms with Crippen molar-refractivity contribution in [2.75, 3.05) is 19.8 Å². The fraction of sp³-hybridized carbons (Fsp3) is 0.435. The second kappa shape index (κ2) is 8.86. The molecule has 1 aliphatic rings. The van der Waals surface area contributed by atoms with Crippen molar-refractivity contribution in [3.8, 4) is 0 Å². The van der Waals surface area contributed by atoms with Gasteiger partial charge in [-0.25, -0.2) is 0 Å². The summed E-state index contributed by atoms with van der Waals surface area (Å²) in [5.74, 6) is -0.0651. The van der Waals surface area contributed by atoms with Gasteiger partial charge >= 0.3 is 0 Å². The van der Waals surface area contributed by atoms with Crippen molar-refractivity contribution in [3.05, 3.63) is 71.3 Å². The van der Waals surface area contributed by atoms with Crippen LogP contribution in [0, 0.1) is 0 Å². The first-order valence-corrected chi connectivity index (χ1v) is 9.79. The van der Waals surface area contributed by atoms with E-state index in [-0.39, 0.29) is 18.6 Å². The molecule has 28 heavy (non-hydrogen) atoms. The maximum Gasteiger partial charge on any atom is 0.254 e. The number of carbonyl (C=O) groups excluding carboxylic acids is 1. The van der Waals surface area contributed by atoms with Crippen LogP contribution in [-0.2, 0) is 11.2 Å². The van der Waals surface area contributed by atoms with E-state index in [1.165, 1.54) is 0 Å². The number of benzene rings is 2. The van der Waals surface area contributed by atoms with Crippen molar-refractivity contribution in [3.63, 3.8) is 0 Å². The summed E-state index contributed by atoms with van der Waals surface area (Å²) in [6, 6.07) is 17.0. The van der Waals surface area contributed by atoms with Gasteiger partial charge < -0.3 is 19.8 Å². The minimum atomic E-state index is -0.704. The molecule has 2 aromatic carbocycles. The summed E-state index contributed by atoms with van der Waals surface area (Å²) < 4.78 is 5.73. The summed E-state index contributed by atoms with van der Waals surface area (Å²) in [5.41, 5.74) is 1.96. The van der Waals surface area contributed by atoms with Gasteiger partial charge in [-0.1, -0.05) is 42.5 Å². The molecule has 1 amide bonds. The third kappa shape index (κ3) is 4.98. The van der Waals surface area contributed by atoms with Gasteiger partial charge in [-0.15, -0.1) is 0 Å². The van der Waals surface area contributed by atoms with E-state index in [0.717, 1.165) is 17.5 Å². The third-order valence-corrected chi connectivity index (χ3v) is 5.16. The lowest BCUT2D eigenvalue weighted by atomic mass is 9.96. The molecule has 0 spiro atoms. The number of ether oxygens (including phenoxy) is 1. The quantitative estimate of drug-likeness (QED) is 0.805. The number of rotatable bonds is 6. The van der Waals surface area contributed by atoms with E-state index < -0.39 is 11.7 Å². The minimum Gasteiger partial charge on any atom is -0.394 e. The van der Waals surface area contributed by atoms with E-state index in [4.69, 9.17) is 4.74 Å². The second-order valence-electron chi connectivity index (χ2n) is 7.96. The second-order valence-corrected chi connectivity index (χ2v) is 7.96. The van der Waals surface area contributed by atoms with E-state index in [1.54, 1.807) is 18.7 Å². The van der Waals surface area contributed by atoms with Crippen LogP contribution in [-0.4, -0.2) is 52.5 Å². The molecule has 0 saturated carbocycles. The van der Waals surface area contributed by atoms with E-state index in [9.17, 15) is 15.0 Å². The Morgan fingerprint density at radius 2 is 1.82 bits per heavy atom. The predicted octanol–water partition coefficient (Wildman–Crippen LogP) is 2.96. The average molecular weight is 383 g/mol. The molecular weight excluding hydrogens is 354 g/mol. The van der Waals surface area contributed by atoms with Crippen LogP contribution in [0.25, 0.3) is 0 Å². The molecule has 0 aromatic heterocycles. The fourth-order valence-electron chi connectivity index (χ4n) is 3.59. The number of aliphatic hydroxyl groups excluding tert-OH is 1. The number of carbonyl (C=O) groups is 1. The molecule has 0 bridgehead atoms. The maximum atomic E-state index is 13.2. The SMILES string of the molecule is CC(C)(O)CCc1ccc(C(=O)N2CCO[C@H](CO)[C@H]2c2ccccc2)cc1. The molecule has 1 heterocycles. The van der Waals surface area contributed by atoms with Crippen LogP contribution in [0.1, 0.15) is 47.8 Å². The summed E-state index contributed by atoms with van der Waals surface area (Å²) in [6.45, 7) is 4.34. The Balaban J connectivity index is 1.79. The molecule has 2 atom stereocenters. The molecule has 1 fully saturated rings. The number of morpholine rings is 1. The van der Waals surface area contributed by atoms with Crippen LogP contribution in [0.2, 0.25) is 0 Å². The topological polar surface area (TPSA) is 70.0 Å². The zero-order chi connectivity index (χ0) is 20.1. The smallest absolute Gasteiger partial charge is 0.254 e. The molecule has 150 valence electrons. The number of aliphatic hydroxyl groups is 2. The standard InChI is InChI=1S/C23H29NO4/c1-23(2,27)13-12-17-8-10-19(11-9-17)22(26)24-14-15-28-20(16-25)21(24)18-6-4-3-5-7-18/h3-11,20-21,25,27H,12-16H2,1-2H3/t20-,21-/m1/s1. The fourth-order valence-corrected chi connectivity index (χ4v) is 3.59. The molecule has 3 rings (SSSR count). The highest BCUT2D eigenvalue weighted by molar-refractivity contribution is 5.94. The van der Waals surface area contributed by atoms with Crippen LogP contribution in [0.3, 0.4) is 0 Å². The van der Waals surface area contributed by atoms with Crippen LogP contribution in [0.4, 0.5) is 0 Å². The molecule has 0 radical (unpaired) electrons. The summed E-state index contributed by atoms with van der Waals surface area (Å²) in [7, 11) is 0. The van der Waals surface area contributed by atoms with Gasteiger partial charge in [0.05, 0.1) is 24.9 Å². The van der Waals surface area contributed by atoms with Crippen LogP contribution < -0.4 is 0 Å². The lowest BCUT2D eigenvalue weighted by Gasteiger charge is -2.41. The lowest BCUT2D eigenvalue weighted by Crippen LogP contribution is -2.49. The predicted molar refractivity (Wildman–Crippen MR) is 108 cm³/mol. The first-order valence-electron chi connectivity index (χ1n) is 9.79.